The molecule has 4 nitrogen and oxygen atoms in total. The van der Waals surface area contributed by atoms with Crippen molar-refractivity contribution >= 4 is 5.91 Å². The van der Waals surface area contributed by atoms with Gasteiger partial charge in [0.15, 0.2) is 0 Å². The number of hydrogen-bond donors (Lipinski definition) is 2. The van der Waals surface area contributed by atoms with E-state index >= 15 is 0 Å². The summed E-state index contributed by atoms with van der Waals surface area (Å²) in [5.74, 6) is 0.757. The number of carbonyl (C=O) groups excluding carboxylic acids is 1. The quantitative estimate of drug-likeness (QED) is 0.723. The molecule has 1 fully saturated rings. The van der Waals surface area contributed by atoms with Gasteiger partial charge >= 0.3 is 0 Å². The van der Waals surface area contributed by atoms with E-state index in [1.54, 1.807) is 0 Å². The highest BCUT2D eigenvalue weighted by Gasteiger charge is 2.20. The summed E-state index contributed by atoms with van der Waals surface area (Å²) < 4.78 is 0. The smallest absolute Gasteiger partial charge is 0.219 e. The molecule has 1 rings (SSSR count). The topological polar surface area (TPSA) is 52.6 Å². The first kappa shape index (κ1) is 15.4. The number of aliphatic hydroxyl groups is 1. The minimum atomic E-state index is -0.213. The zero-order chi connectivity index (χ0) is 13.4. The Labute approximate surface area is 111 Å². The Bertz CT molecular complexity index is 244. The minimum Gasteiger partial charge on any atom is -0.393 e. The maximum Gasteiger partial charge on any atom is 0.219 e. The third-order valence-electron chi connectivity index (χ3n) is 3.53. The second-order valence-corrected chi connectivity index (χ2v) is 5.50. The molecular weight excluding hydrogens is 228 g/mol. The van der Waals surface area contributed by atoms with Gasteiger partial charge in [-0.2, -0.15) is 0 Å². The highest BCUT2D eigenvalue weighted by molar-refractivity contribution is 5.75. The Balaban J connectivity index is 2.20. The van der Waals surface area contributed by atoms with Crippen LogP contribution in [-0.2, 0) is 4.79 Å². The normalized spacial score (nSPS) is 22.7. The molecule has 0 bridgehead atoms. The van der Waals surface area contributed by atoms with Crippen molar-refractivity contribution in [2.24, 2.45) is 5.92 Å². The summed E-state index contributed by atoms with van der Waals surface area (Å²) in [7, 11) is 0. The maximum atomic E-state index is 11.4. The van der Waals surface area contributed by atoms with Gasteiger partial charge in [-0.05, 0) is 45.1 Å². The van der Waals surface area contributed by atoms with Crippen LogP contribution in [0.5, 0.6) is 0 Å². The van der Waals surface area contributed by atoms with Crippen LogP contribution in [0.15, 0.2) is 0 Å². The van der Waals surface area contributed by atoms with Crippen molar-refractivity contribution in [3.8, 4) is 0 Å². The number of piperidine rings is 1. The van der Waals surface area contributed by atoms with Gasteiger partial charge in [0.1, 0.15) is 0 Å². The predicted molar refractivity (Wildman–Crippen MR) is 73.4 cm³/mol. The summed E-state index contributed by atoms with van der Waals surface area (Å²) in [5.41, 5.74) is 0. The third-order valence-corrected chi connectivity index (χ3v) is 3.53. The van der Waals surface area contributed by atoms with E-state index in [0.717, 1.165) is 39.0 Å². The summed E-state index contributed by atoms with van der Waals surface area (Å²) in [6, 6.07) is 0. The summed E-state index contributed by atoms with van der Waals surface area (Å²) in [6.07, 6.45) is 4.59. The molecule has 0 aromatic rings. The van der Waals surface area contributed by atoms with Gasteiger partial charge in [0.05, 0.1) is 6.10 Å². The van der Waals surface area contributed by atoms with Gasteiger partial charge in [-0.25, -0.2) is 0 Å². The van der Waals surface area contributed by atoms with Gasteiger partial charge in [0.25, 0.3) is 0 Å². The van der Waals surface area contributed by atoms with Gasteiger partial charge < -0.3 is 15.3 Å². The van der Waals surface area contributed by atoms with Crippen LogP contribution in [0, 0.1) is 5.92 Å². The first-order valence-corrected chi connectivity index (χ1v) is 7.29. The van der Waals surface area contributed by atoms with E-state index in [-0.39, 0.29) is 12.0 Å². The number of aliphatic hydroxyl groups excluding tert-OH is 1. The molecule has 2 N–H and O–H groups in total. The van der Waals surface area contributed by atoms with E-state index < -0.39 is 0 Å². The average molecular weight is 256 g/mol. The summed E-state index contributed by atoms with van der Waals surface area (Å²) in [5, 5.41) is 12.3. The zero-order valence-electron chi connectivity index (χ0n) is 11.8. The lowest BCUT2D eigenvalue weighted by Crippen LogP contribution is -2.41. The van der Waals surface area contributed by atoms with Crippen molar-refractivity contribution in [1.82, 2.24) is 10.2 Å². The van der Waals surface area contributed by atoms with Crippen LogP contribution in [0.3, 0.4) is 0 Å². The van der Waals surface area contributed by atoms with Crippen molar-refractivity contribution in [1.29, 1.82) is 0 Å². The Hall–Kier alpha value is -0.610. The van der Waals surface area contributed by atoms with Crippen molar-refractivity contribution < 1.29 is 9.90 Å². The van der Waals surface area contributed by atoms with Gasteiger partial charge in [0, 0.05) is 26.1 Å². The molecule has 18 heavy (non-hydrogen) atoms. The molecule has 1 aliphatic heterocycles. The molecule has 0 aliphatic carbocycles. The molecule has 0 radical (unpaired) electrons. The van der Waals surface area contributed by atoms with E-state index in [2.05, 4.69) is 10.2 Å². The molecule has 0 aromatic carbocycles. The number of nitrogens with one attached hydrogen (secondary N) is 1. The number of nitrogens with zero attached hydrogens (tertiary/aromatic N) is 1. The fourth-order valence-electron chi connectivity index (χ4n) is 2.46. The molecular formula is C14H28N2O2. The lowest BCUT2D eigenvalue weighted by Gasteiger charge is -2.33. The maximum absolute atomic E-state index is 11.4. The lowest BCUT2D eigenvalue weighted by molar-refractivity contribution is -0.121. The fraction of sp³-hybridized carbons (Fsp3) is 0.929. The molecule has 0 aromatic heterocycles. The van der Waals surface area contributed by atoms with Gasteiger partial charge in [0.2, 0.25) is 5.91 Å². The monoisotopic (exact) mass is 256 g/mol. The molecule has 1 aliphatic rings. The van der Waals surface area contributed by atoms with Crippen molar-refractivity contribution in [3.05, 3.63) is 0 Å². The predicted octanol–water partition coefficient (Wildman–Crippen LogP) is 1.39. The van der Waals surface area contributed by atoms with Crippen LogP contribution in [0.25, 0.3) is 0 Å². The van der Waals surface area contributed by atoms with Crippen molar-refractivity contribution in [3.63, 3.8) is 0 Å². The standard InChI is InChI=1S/C14H28N2O2/c1-3-5-14(18)15-10-13-6-4-8-16(11-13)9-7-12(2)17/h12-13,17H,3-11H2,1-2H3,(H,15,18)/t12-,13-/m1/s1. The van der Waals surface area contributed by atoms with Crippen molar-refractivity contribution in [2.75, 3.05) is 26.2 Å². The molecule has 106 valence electrons. The first-order valence-electron chi connectivity index (χ1n) is 7.29. The van der Waals surface area contributed by atoms with Gasteiger partial charge in [-0.3, -0.25) is 4.79 Å². The summed E-state index contributed by atoms with van der Waals surface area (Å²) in [6.45, 7) is 7.83. The number of rotatable bonds is 7. The SMILES string of the molecule is CCCC(=O)NC[C@H]1CCCN(CC[C@@H](C)O)C1. The van der Waals surface area contributed by atoms with E-state index in [0.29, 0.717) is 12.3 Å². The molecule has 4 heteroatoms. The highest BCUT2D eigenvalue weighted by Crippen LogP contribution is 2.16. The molecule has 0 unspecified atom stereocenters. The largest absolute Gasteiger partial charge is 0.393 e. The highest BCUT2D eigenvalue weighted by atomic mass is 16.3. The Morgan fingerprint density at radius 2 is 2.33 bits per heavy atom. The van der Waals surface area contributed by atoms with E-state index in [1.165, 1.54) is 12.8 Å². The van der Waals surface area contributed by atoms with Crippen molar-refractivity contribution in [2.45, 2.75) is 52.1 Å². The Kier molecular flexibility index (Phi) is 7.28. The van der Waals surface area contributed by atoms with E-state index in [9.17, 15) is 9.90 Å². The Morgan fingerprint density at radius 3 is 3.00 bits per heavy atom. The van der Waals surface area contributed by atoms with Gasteiger partial charge in [-0.1, -0.05) is 6.92 Å². The van der Waals surface area contributed by atoms with Crippen LogP contribution in [-0.4, -0.2) is 48.2 Å². The number of hydrogen-bond acceptors (Lipinski definition) is 3. The van der Waals surface area contributed by atoms with Crippen LogP contribution in [0.4, 0.5) is 0 Å². The van der Waals surface area contributed by atoms with Crippen LogP contribution in [0.1, 0.15) is 46.0 Å². The second-order valence-electron chi connectivity index (χ2n) is 5.50. The minimum absolute atomic E-state index is 0.179. The number of carbonyl (C=O) groups is 1. The second kappa shape index (κ2) is 8.48. The molecule has 1 heterocycles. The number of likely N-dealkylation sites (tertiary alicyclic amines) is 1. The molecule has 2 atom stereocenters. The fourth-order valence-corrected chi connectivity index (χ4v) is 2.46. The van der Waals surface area contributed by atoms with Gasteiger partial charge in [-0.15, -0.1) is 0 Å². The van der Waals surface area contributed by atoms with Crippen LogP contribution in [0.2, 0.25) is 0 Å². The first-order chi connectivity index (χ1) is 8.61. The Morgan fingerprint density at radius 1 is 1.56 bits per heavy atom. The van der Waals surface area contributed by atoms with E-state index in [1.807, 2.05) is 13.8 Å². The number of amides is 1. The van der Waals surface area contributed by atoms with E-state index in [4.69, 9.17) is 0 Å². The lowest BCUT2D eigenvalue weighted by atomic mass is 9.97. The zero-order valence-corrected chi connectivity index (χ0v) is 11.8. The average Bonchev–Trinajstić information content (AvgIpc) is 2.35. The van der Waals surface area contributed by atoms with Crippen LogP contribution >= 0.6 is 0 Å². The molecule has 1 amide bonds. The van der Waals surface area contributed by atoms with Crippen LogP contribution < -0.4 is 5.32 Å². The molecule has 1 saturated heterocycles. The molecule has 0 saturated carbocycles. The molecule has 0 spiro atoms. The summed E-state index contributed by atoms with van der Waals surface area (Å²) >= 11 is 0. The summed E-state index contributed by atoms with van der Waals surface area (Å²) in [4.78, 5) is 13.8. The third kappa shape index (κ3) is 6.36.